The van der Waals surface area contributed by atoms with Crippen LogP contribution in [-0.2, 0) is 15.1 Å². The van der Waals surface area contributed by atoms with Gasteiger partial charge in [0.25, 0.3) is 5.91 Å². The molecule has 7 nitrogen and oxygen atoms in total. The highest BCUT2D eigenvalue weighted by atomic mass is 16.6. The van der Waals surface area contributed by atoms with Crippen molar-refractivity contribution in [2.75, 3.05) is 11.9 Å². The number of carbonyl (C=O) groups excluding carboxylic acids is 2. The molecule has 2 aliphatic heterocycles. The maximum Gasteiger partial charge on any atom is 0.417 e. The number of anilines is 1. The van der Waals surface area contributed by atoms with Crippen molar-refractivity contribution in [1.82, 2.24) is 4.90 Å². The van der Waals surface area contributed by atoms with Gasteiger partial charge in [-0.3, -0.25) is 4.79 Å². The Labute approximate surface area is 187 Å². The Kier molecular flexibility index (Phi) is 4.78. The van der Waals surface area contributed by atoms with Gasteiger partial charge in [0.05, 0.1) is 23.2 Å². The monoisotopic (exact) mass is 430 g/mol. The van der Waals surface area contributed by atoms with E-state index in [0.717, 1.165) is 5.56 Å². The number of rotatable bonds is 1. The third kappa shape index (κ3) is 2.79. The van der Waals surface area contributed by atoms with Crippen LogP contribution in [0.4, 0.5) is 10.5 Å². The number of benzene rings is 2. The molecule has 4 rings (SSSR count). The number of ether oxygens (including phenoxy) is 1. The first kappa shape index (κ1) is 21.4. The Morgan fingerprint density at radius 2 is 1.81 bits per heavy atom. The Bertz CT molecular complexity index is 1190. The molecule has 2 aliphatic rings. The Morgan fingerprint density at radius 1 is 1.16 bits per heavy atom. The highest BCUT2D eigenvalue weighted by Gasteiger charge is 2.67. The van der Waals surface area contributed by atoms with Gasteiger partial charge in [0.15, 0.2) is 5.54 Å². The van der Waals surface area contributed by atoms with Crippen LogP contribution in [0, 0.1) is 18.3 Å². The first-order valence-corrected chi connectivity index (χ1v) is 10.4. The number of nitriles is 1. The fourth-order valence-electron chi connectivity index (χ4n) is 4.90. The maximum absolute atomic E-state index is 14.1. The van der Waals surface area contributed by atoms with Gasteiger partial charge in [0.2, 0.25) is 0 Å². The van der Waals surface area contributed by atoms with Gasteiger partial charge < -0.3 is 15.4 Å². The molecule has 0 unspecified atom stereocenters. The SMILES string of the molecule is Cc1cccc2c1N(C)C(=O)[C@@]21[C@H](c2ccccc2)C(C#N)=C(N)N1C(=O)OC(C)(C)C. The van der Waals surface area contributed by atoms with Crippen molar-refractivity contribution in [3.05, 3.63) is 76.6 Å². The maximum atomic E-state index is 14.1. The van der Waals surface area contributed by atoms with Gasteiger partial charge in [0, 0.05) is 12.6 Å². The third-order valence-electron chi connectivity index (χ3n) is 6.02. The summed E-state index contributed by atoms with van der Waals surface area (Å²) < 4.78 is 5.68. The highest BCUT2D eigenvalue weighted by Crippen LogP contribution is 2.59. The van der Waals surface area contributed by atoms with Gasteiger partial charge in [-0.15, -0.1) is 0 Å². The number of hydrogen-bond acceptors (Lipinski definition) is 5. The van der Waals surface area contributed by atoms with Gasteiger partial charge >= 0.3 is 6.09 Å². The van der Waals surface area contributed by atoms with E-state index in [9.17, 15) is 14.9 Å². The quantitative estimate of drug-likeness (QED) is 0.740. The highest BCUT2D eigenvalue weighted by molar-refractivity contribution is 6.11. The van der Waals surface area contributed by atoms with Crippen LogP contribution in [0.25, 0.3) is 0 Å². The van der Waals surface area contributed by atoms with Gasteiger partial charge in [-0.2, -0.15) is 5.26 Å². The second-order valence-corrected chi connectivity index (χ2v) is 9.17. The van der Waals surface area contributed by atoms with Crippen LogP contribution < -0.4 is 10.6 Å². The van der Waals surface area contributed by atoms with E-state index in [1.54, 1.807) is 32.7 Å². The lowest BCUT2D eigenvalue weighted by Crippen LogP contribution is -2.56. The molecule has 2 aromatic rings. The van der Waals surface area contributed by atoms with Gasteiger partial charge in [-0.05, 0) is 38.8 Å². The summed E-state index contributed by atoms with van der Waals surface area (Å²) in [5.41, 5.74) is 7.17. The van der Waals surface area contributed by atoms with Crippen molar-refractivity contribution >= 4 is 17.7 Å². The van der Waals surface area contributed by atoms with Gasteiger partial charge in [0.1, 0.15) is 11.4 Å². The zero-order chi connectivity index (χ0) is 23.4. The molecule has 0 saturated carbocycles. The minimum atomic E-state index is -1.56. The van der Waals surface area contributed by atoms with Crippen LogP contribution in [0.5, 0.6) is 0 Å². The number of likely N-dealkylation sites (N-methyl/N-ethyl adjacent to an activating group) is 1. The van der Waals surface area contributed by atoms with E-state index in [2.05, 4.69) is 6.07 Å². The van der Waals surface area contributed by atoms with Crippen LogP contribution in [-0.4, -0.2) is 29.5 Å². The van der Waals surface area contributed by atoms with E-state index >= 15 is 0 Å². The lowest BCUT2D eigenvalue weighted by Gasteiger charge is -2.39. The minimum Gasteiger partial charge on any atom is -0.443 e. The summed E-state index contributed by atoms with van der Waals surface area (Å²) in [6, 6.07) is 17.0. The number of aryl methyl sites for hydroxylation is 1. The second-order valence-electron chi connectivity index (χ2n) is 9.17. The summed E-state index contributed by atoms with van der Waals surface area (Å²) in [5, 5.41) is 10.1. The van der Waals surface area contributed by atoms with Crippen LogP contribution in [0.15, 0.2) is 59.9 Å². The average Bonchev–Trinajstić information content (AvgIpc) is 3.12. The molecule has 2 N–H and O–H groups in total. The Morgan fingerprint density at radius 3 is 2.41 bits per heavy atom. The molecular weight excluding hydrogens is 404 g/mol. The van der Waals surface area contributed by atoms with E-state index < -0.39 is 23.2 Å². The topological polar surface area (TPSA) is 99.7 Å². The molecule has 7 heteroatoms. The number of fused-ring (bicyclic) bond motifs is 2. The minimum absolute atomic E-state index is 0.0632. The van der Waals surface area contributed by atoms with Crippen molar-refractivity contribution in [3.63, 3.8) is 0 Å². The summed E-state index contributed by atoms with van der Waals surface area (Å²) in [6.45, 7) is 7.14. The zero-order valence-electron chi connectivity index (χ0n) is 18.8. The second kappa shape index (κ2) is 7.13. The summed E-state index contributed by atoms with van der Waals surface area (Å²) in [5.74, 6) is -1.18. The van der Waals surface area contributed by atoms with Crippen molar-refractivity contribution in [2.45, 2.75) is 44.8 Å². The van der Waals surface area contributed by atoms with Crippen molar-refractivity contribution in [2.24, 2.45) is 5.73 Å². The van der Waals surface area contributed by atoms with E-state index in [4.69, 9.17) is 10.5 Å². The first-order valence-electron chi connectivity index (χ1n) is 10.4. The number of para-hydroxylation sites is 1. The molecule has 2 amide bonds. The number of amides is 2. The molecule has 0 saturated heterocycles. The zero-order valence-corrected chi connectivity index (χ0v) is 18.8. The number of nitrogens with two attached hydrogens (primary N) is 1. The molecule has 164 valence electrons. The predicted molar refractivity (Wildman–Crippen MR) is 120 cm³/mol. The molecule has 0 bridgehead atoms. The van der Waals surface area contributed by atoms with Gasteiger partial charge in [-0.25, -0.2) is 9.69 Å². The molecule has 0 radical (unpaired) electrons. The average molecular weight is 431 g/mol. The van der Waals surface area contributed by atoms with E-state index in [-0.39, 0.29) is 17.3 Å². The fourth-order valence-corrected chi connectivity index (χ4v) is 4.90. The summed E-state index contributed by atoms with van der Waals surface area (Å²) >= 11 is 0. The number of hydrogen-bond donors (Lipinski definition) is 1. The molecule has 0 fully saturated rings. The Balaban J connectivity index is 2.09. The molecule has 0 aliphatic carbocycles. The molecule has 0 aromatic heterocycles. The smallest absolute Gasteiger partial charge is 0.417 e. The molecule has 32 heavy (non-hydrogen) atoms. The van der Waals surface area contributed by atoms with Crippen LogP contribution in [0.2, 0.25) is 0 Å². The Hall–Kier alpha value is -3.79. The molecular formula is C25H26N4O3. The van der Waals surface area contributed by atoms with Gasteiger partial charge in [-0.1, -0.05) is 48.5 Å². The number of carbonyl (C=O) groups is 2. The largest absolute Gasteiger partial charge is 0.443 e. The fraction of sp³-hybridized carbons (Fsp3) is 0.320. The van der Waals surface area contributed by atoms with E-state index in [1.165, 1.54) is 4.90 Å². The lowest BCUT2D eigenvalue weighted by atomic mass is 9.73. The van der Waals surface area contributed by atoms with Crippen molar-refractivity contribution in [3.8, 4) is 6.07 Å². The van der Waals surface area contributed by atoms with Crippen molar-refractivity contribution in [1.29, 1.82) is 5.26 Å². The summed E-state index contributed by atoms with van der Waals surface area (Å²) in [7, 11) is 1.68. The van der Waals surface area contributed by atoms with Crippen LogP contribution in [0.1, 0.15) is 43.4 Å². The summed E-state index contributed by atoms with van der Waals surface area (Å²) in [6.07, 6.45) is -0.766. The molecule has 2 atom stereocenters. The van der Waals surface area contributed by atoms with Crippen molar-refractivity contribution < 1.29 is 14.3 Å². The molecule has 2 aromatic carbocycles. The normalized spacial score (nSPS) is 22.4. The van der Waals surface area contributed by atoms with Crippen LogP contribution >= 0.6 is 0 Å². The van der Waals surface area contributed by atoms with E-state index in [1.807, 2.05) is 55.5 Å². The lowest BCUT2D eigenvalue weighted by molar-refractivity contribution is -0.128. The van der Waals surface area contributed by atoms with E-state index in [0.29, 0.717) is 16.8 Å². The molecule has 1 spiro atoms. The standard InChI is InChI=1S/C25H26N4O3/c1-15-10-9-13-18-20(15)28(5)22(30)25(18)19(16-11-7-6-8-12-16)17(14-26)21(27)29(25)23(31)32-24(2,3)4/h6-13,19H,27H2,1-5H3/t19-,25+/m1/s1. The first-order chi connectivity index (χ1) is 15.1. The molecule has 2 heterocycles. The third-order valence-corrected chi connectivity index (χ3v) is 6.02. The number of nitrogens with zero attached hydrogens (tertiary/aromatic N) is 3. The predicted octanol–water partition coefficient (Wildman–Crippen LogP) is 3.90. The summed E-state index contributed by atoms with van der Waals surface area (Å²) in [4.78, 5) is 30.4. The van der Waals surface area contributed by atoms with Crippen LogP contribution in [0.3, 0.4) is 0 Å².